The Labute approximate surface area is 397 Å². The summed E-state index contributed by atoms with van der Waals surface area (Å²) in [4.78, 5) is 162. The monoisotopic (exact) mass is 981 g/mol. The molecule has 3 aliphatic heterocycles. The predicted molar refractivity (Wildman–Crippen MR) is 237 cm³/mol. The average molecular weight is 982 g/mol. The van der Waals surface area contributed by atoms with E-state index in [4.69, 9.17) is 5.73 Å². The molecule has 10 amide bonds. The number of nitrogens with one attached hydrogen (secondary N) is 8. The van der Waals surface area contributed by atoms with Crippen LogP contribution in [-0.4, -0.2) is 188 Å². The molecule has 3 heterocycles. The number of hydrogen-bond acceptors (Lipinski definition) is 15. The Balaban J connectivity index is 2.03. The summed E-state index contributed by atoms with van der Waals surface area (Å²) in [6, 6.07) is -12.6. The molecule has 27 nitrogen and oxygen atoms in total. The van der Waals surface area contributed by atoms with Crippen molar-refractivity contribution < 1.29 is 78.0 Å². The molecule has 0 aromatic heterocycles. The van der Waals surface area contributed by atoms with E-state index in [1.165, 1.54) is 23.6 Å². The lowest BCUT2D eigenvalue weighted by Gasteiger charge is -2.38. The number of rotatable bonds is 8. The van der Waals surface area contributed by atoms with Crippen molar-refractivity contribution in [2.75, 3.05) is 26.2 Å². The topological polar surface area (TPSA) is 414 Å². The molecule has 0 saturated carbocycles. The van der Waals surface area contributed by atoms with E-state index in [1.807, 2.05) is 0 Å². The molecule has 0 spiro atoms. The molecule has 0 aromatic rings. The zero-order chi connectivity index (χ0) is 52.0. The van der Waals surface area contributed by atoms with Gasteiger partial charge < -0.3 is 78.5 Å². The van der Waals surface area contributed by atoms with E-state index in [-0.39, 0.29) is 25.9 Å². The lowest BCUT2D eigenvalue weighted by molar-refractivity contribution is -0.149. The molecule has 11 unspecified atom stereocenters. The largest absolute Gasteiger partial charge is 0.481 e. The summed E-state index contributed by atoms with van der Waals surface area (Å²) in [5.41, 5.74) is 6.05. The molecule has 0 aliphatic carbocycles. The van der Waals surface area contributed by atoms with Gasteiger partial charge in [-0.05, 0) is 51.9 Å². The van der Waals surface area contributed by atoms with Gasteiger partial charge in [-0.2, -0.15) is 0 Å². The maximum Gasteiger partial charge on any atom is 0.305 e. The van der Waals surface area contributed by atoms with Crippen LogP contribution in [0.4, 0.5) is 0 Å². The van der Waals surface area contributed by atoms with Crippen LogP contribution < -0.4 is 48.3 Å². The maximum atomic E-state index is 14.1. The predicted octanol–water partition coefficient (Wildman–Crippen LogP) is -5.93. The zero-order valence-corrected chi connectivity index (χ0v) is 39.4. The molecule has 27 heteroatoms. The Bertz CT molecular complexity index is 1970. The first-order valence-corrected chi connectivity index (χ1v) is 22.8. The van der Waals surface area contributed by atoms with Gasteiger partial charge in [0.15, 0.2) is 6.29 Å². The van der Waals surface area contributed by atoms with Gasteiger partial charge in [0.2, 0.25) is 59.1 Å². The standard InChI is InChI=1S/C42H67N11O16/c1-18(2)31-41(67)53-13-9-11-26(53)36(62)46-22(6)19(3)40(66)52-12-8-7-10-25(52)37(63)51-32(20(4)42(68)69)38(64)48-24(15-30(58)59)35(61)44-16-27(54)47-23(14-29(56)57)34(60)45-17-28(55)49-33(21(5)43)39(65)50-31/h18-26,31-33,42,68-69H,7-17,43H2,1-6H3,(H,44,61)(H,45,60)(H,46,62)(H,47,54)(H,48,64)(H,49,55)(H,50,65)(H,51,63)(H,56,57)(H,58,59). The first kappa shape index (κ1) is 56.8. The van der Waals surface area contributed by atoms with Gasteiger partial charge in [0.25, 0.3) is 0 Å². The number of aliphatic hydroxyl groups excluding tert-OH is 1. The number of fused-ring (bicyclic) bond motifs is 2. The molecular weight excluding hydrogens is 915 g/mol. The van der Waals surface area contributed by atoms with Gasteiger partial charge in [0.1, 0.15) is 42.3 Å². The lowest BCUT2D eigenvalue weighted by atomic mass is 9.94. The van der Waals surface area contributed by atoms with E-state index < -0.39 is 175 Å². The highest BCUT2D eigenvalue weighted by Crippen LogP contribution is 2.24. The summed E-state index contributed by atoms with van der Waals surface area (Å²) in [6.45, 7) is 7.22. The normalized spacial score (nSPS) is 29.3. The fourth-order valence-corrected chi connectivity index (χ4v) is 8.00. The number of amides is 10. The number of nitrogens with zero attached hydrogens (tertiary/aromatic N) is 2. The van der Waals surface area contributed by atoms with Crippen LogP contribution in [0.1, 0.15) is 86.5 Å². The third-order valence-corrected chi connectivity index (χ3v) is 12.3. The second kappa shape index (κ2) is 25.8. The summed E-state index contributed by atoms with van der Waals surface area (Å²) in [5.74, 6) is -15.8. The van der Waals surface area contributed by atoms with Crippen molar-refractivity contribution in [3.63, 3.8) is 0 Å². The summed E-state index contributed by atoms with van der Waals surface area (Å²) < 4.78 is 0. The van der Waals surface area contributed by atoms with Crippen LogP contribution in [0, 0.1) is 17.8 Å². The zero-order valence-electron chi connectivity index (χ0n) is 39.4. The molecular formula is C42H67N11O16. The first-order valence-electron chi connectivity index (χ1n) is 22.8. The quantitative estimate of drug-likeness (QED) is 0.101. The van der Waals surface area contributed by atoms with E-state index >= 15 is 0 Å². The third kappa shape index (κ3) is 16.1. The van der Waals surface area contributed by atoms with Crippen LogP contribution in [0.15, 0.2) is 0 Å². The summed E-state index contributed by atoms with van der Waals surface area (Å²) in [6.07, 6.45) is -2.72. The van der Waals surface area contributed by atoms with Gasteiger partial charge in [0.05, 0.1) is 31.8 Å². The second-order valence-corrected chi connectivity index (χ2v) is 18.0. The molecule has 3 saturated heterocycles. The van der Waals surface area contributed by atoms with Crippen LogP contribution in [0.25, 0.3) is 0 Å². The number of carboxylic acid groups (broad SMARTS) is 2. The Kier molecular flexibility index (Phi) is 21.2. The number of aliphatic carboxylic acids is 2. The number of nitrogens with two attached hydrogens (primary N) is 1. The van der Waals surface area contributed by atoms with Crippen molar-refractivity contribution in [3.05, 3.63) is 0 Å². The number of aliphatic hydroxyl groups is 2. The van der Waals surface area contributed by atoms with Gasteiger partial charge in [-0.25, -0.2) is 0 Å². The van der Waals surface area contributed by atoms with Crippen molar-refractivity contribution in [1.29, 1.82) is 0 Å². The van der Waals surface area contributed by atoms with Gasteiger partial charge >= 0.3 is 11.9 Å². The Morgan fingerprint density at radius 1 is 0.580 bits per heavy atom. The van der Waals surface area contributed by atoms with Crippen molar-refractivity contribution in [2.45, 2.75) is 147 Å². The van der Waals surface area contributed by atoms with Crippen LogP contribution in [0.5, 0.6) is 0 Å². The maximum absolute atomic E-state index is 14.1. The number of carbonyl (C=O) groups is 12. The second-order valence-electron chi connectivity index (χ2n) is 18.0. The minimum absolute atomic E-state index is 0.0772. The van der Waals surface area contributed by atoms with Crippen LogP contribution in [0.2, 0.25) is 0 Å². The molecule has 69 heavy (non-hydrogen) atoms. The van der Waals surface area contributed by atoms with E-state index in [2.05, 4.69) is 42.5 Å². The summed E-state index contributed by atoms with van der Waals surface area (Å²) >= 11 is 0. The highest BCUT2D eigenvalue weighted by atomic mass is 16.5. The lowest BCUT2D eigenvalue weighted by Crippen LogP contribution is -2.62. The Morgan fingerprint density at radius 2 is 1.04 bits per heavy atom. The molecule has 3 fully saturated rings. The number of piperidine rings is 1. The van der Waals surface area contributed by atoms with E-state index in [0.717, 1.165) is 6.92 Å². The van der Waals surface area contributed by atoms with Gasteiger partial charge in [-0.1, -0.05) is 27.7 Å². The van der Waals surface area contributed by atoms with Crippen LogP contribution >= 0.6 is 0 Å². The van der Waals surface area contributed by atoms with E-state index in [0.29, 0.717) is 19.3 Å². The number of hydrogen-bond donors (Lipinski definition) is 13. The summed E-state index contributed by atoms with van der Waals surface area (Å²) in [7, 11) is 0. The Morgan fingerprint density at radius 3 is 1.57 bits per heavy atom. The minimum Gasteiger partial charge on any atom is -0.481 e. The van der Waals surface area contributed by atoms with E-state index in [1.54, 1.807) is 20.8 Å². The van der Waals surface area contributed by atoms with Crippen molar-refractivity contribution in [1.82, 2.24) is 52.3 Å². The SMILES string of the molecule is CC(C)C1NC(=O)C(C(C)N)NC(=O)CNC(=O)C(CC(=O)O)NC(=O)CNC(=O)C(CC(=O)O)NC(=O)C(C(C)C(O)O)NC(=O)C2CCCCN2C(=O)C(C)C(C)NC(=O)C2CCCN2C1=O. The Hall–Kier alpha value is -6.48. The van der Waals surface area contributed by atoms with Gasteiger partial charge in [0, 0.05) is 31.1 Å². The number of carbonyl (C=O) groups excluding carboxylic acids is 10. The fraction of sp³-hybridized carbons (Fsp3) is 0.714. The molecule has 3 aliphatic rings. The minimum atomic E-state index is -2.25. The smallest absolute Gasteiger partial charge is 0.305 e. The van der Waals surface area contributed by atoms with Crippen molar-refractivity contribution >= 4 is 71.0 Å². The van der Waals surface area contributed by atoms with Gasteiger partial charge in [-0.15, -0.1) is 0 Å². The fourth-order valence-electron chi connectivity index (χ4n) is 8.00. The molecule has 0 radical (unpaired) electrons. The average Bonchev–Trinajstić information content (AvgIpc) is 3.78. The highest BCUT2D eigenvalue weighted by molar-refractivity contribution is 5.99. The van der Waals surface area contributed by atoms with Crippen LogP contribution in [-0.2, 0) is 57.5 Å². The van der Waals surface area contributed by atoms with Crippen molar-refractivity contribution in [3.8, 4) is 0 Å². The third-order valence-electron chi connectivity index (χ3n) is 12.3. The first-order chi connectivity index (χ1) is 32.2. The summed E-state index contributed by atoms with van der Waals surface area (Å²) in [5, 5.41) is 57.8. The molecule has 11 atom stereocenters. The van der Waals surface area contributed by atoms with Gasteiger partial charge in [-0.3, -0.25) is 57.5 Å². The van der Waals surface area contributed by atoms with Crippen LogP contribution in [0.3, 0.4) is 0 Å². The van der Waals surface area contributed by atoms with Crippen molar-refractivity contribution in [2.24, 2.45) is 23.5 Å². The highest BCUT2D eigenvalue weighted by Gasteiger charge is 2.43. The molecule has 3 rings (SSSR count). The molecule has 0 bridgehead atoms. The molecule has 0 aromatic carbocycles. The molecule has 386 valence electrons. The molecule has 14 N–H and O–H groups in total. The number of carboxylic acids is 2. The van der Waals surface area contributed by atoms with E-state index in [9.17, 15) is 78.0 Å².